The molecule has 0 radical (unpaired) electrons. The lowest BCUT2D eigenvalue weighted by Crippen LogP contribution is -2.41. The van der Waals surface area contributed by atoms with Crippen LogP contribution in [0.5, 0.6) is 11.5 Å². The molecule has 0 unspecified atom stereocenters. The van der Waals surface area contributed by atoms with Crippen molar-refractivity contribution in [1.29, 1.82) is 0 Å². The number of methoxy groups -OCH3 is 1. The molecule has 26 heavy (non-hydrogen) atoms. The predicted octanol–water partition coefficient (Wildman–Crippen LogP) is 1.23. The van der Waals surface area contributed by atoms with E-state index in [-0.39, 0.29) is 6.10 Å². The van der Waals surface area contributed by atoms with Crippen molar-refractivity contribution in [2.24, 2.45) is 5.10 Å². The molecule has 2 rings (SSSR count). The lowest BCUT2D eigenvalue weighted by molar-refractivity contribution is -0.139. The molecule has 8 heteroatoms. The van der Waals surface area contributed by atoms with Crippen molar-refractivity contribution in [3.8, 4) is 11.5 Å². The van der Waals surface area contributed by atoms with Crippen LogP contribution in [0.25, 0.3) is 0 Å². The zero-order chi connectivity index (χ0) is 18.8. The molecule has 0 aromatic heterocycles. The van der Waals surface area contributed by atoms with E-state index in [2.05, 4.69) is 15.8 Å². The molecule has 1 aliphatic heterocycles. The summed E-state index contributed by atoms with van der Waals surface area (Å²) in [7, 11) is 1.55. The minimum atomic E-state index is -0.825. The van der Waals surface area contributed by atoms with Gasteiger partial charge in [0, 0.05) is 13.2 Å². The van der Waals surface area contributed by atoms with Crippen molar-refractivity contribution >= 4 is 18.0 Å². The zero-order valence-electron chi connectivity index (χ0n) is 15.1. The van der Waals surface area contributed by atoms with Crippen LogP contribution in [0.4, 0.5) is 0 Å². The summed E-state index contributed by atoms with van der Waals surface area (Å²) in [4.78, 5) is 23.4. The van der Waals surface area contributed by atoms with Gasteiger partial charge in [-0.3, -0.25) is 9.59 Å². The first-order chi connectivity index (χ1) is 12.6. The molecule has 1 aliphatic rings. The minimum Gasteiger partial charge on any atom is -0.493 e. The van der Waals surface area contributed by atoms with E-state index < -0.39 is 11.8 Å². The van der Waals surface area contributed by atoms with E-state index in [0.717, 1.165) is 19.3 Å². The fourth-order valence-corrected chi connectivity index (χ4v) is 2.40. The van der Waals surface area contributed by atoms with Gasteiger partial charge in [0.2, 0.25) is 0 Å². The number of benzene rings is 1. The number of ether oxygens (including phenoxy) is 3. The first-order valence-corrected chi connectivity index (χ1v) is 8.67. The van der Waals surface area contributed by atoms with Gasteiger partial charge in [-0.2, -0.15) is 5.10 Å². The third-order valence-electron chi connectivity index (χ3n) is 3.75. The second-order valence-corrected chi connectivity index (χ2v) is 5.80. The molecule has 2 N–H and O–H groups in total. The number of hydrogen-bond donors (Lipinski definition) is 2. The SMILES string of the molecule is CCCOc1ccc(/C=N\NC(=O)C(=O)NC[C@@H]2CCCO2)cc1OC. The second-order valence-electron chi connectivity index (χ2n) is 5.80. The molecule has 8 nitrogen and oxygen atoms in total. The van der Waals surface area contributed by atoms with Gasteiger partial charge in [0.15, 0.2) is 11.5 Å². The molecule has 142 valence electrons. The molecule has 2 amide bonds. The third kappa shape index (κ3) is 6.03. The average molecular weight is 363 g/mol. The predicted molar refractivity (Wildman–Crippen MR) is 96.5 cm³/mol. The van der Waals surface area contributed by atoms with Crippen LogP contribution in [-0.2, 0) is 14.3 Å². The molecule has 0 bridgehead atoms. The highest BCUT2D eigenvalue weighted by Gasteiger charge is 2.18. The summed E-state index contributed by atoms with van der Waals surface area (Å²) < 4.78 is 16.2. The molecule has 1 fully saturated rings. The normalized spacial score (nSPS) is 16.5. The number of hydrogen-bond acceptors (Lipinski definition) is 6. The monoisotopic (exact) mass is 363 g/mol. The molecule has 0 saturated carbocycles. The van der Waals surface area contributed by atoms with Gasteiger partial charge >= 0.3 is 11.8 Å². The van der Waals surface area contributed by atoms with Gasteiger partial charge in [-0.1, -0.05) is 6.92 Å². The summed E-state index contributed by atoms with van der Waals surface area (Å²) in [6.45, 7) is 3.64. The van der Waals surface area contributed by atoms with Crippen molar-refractivity contribution in [3.63, 3.8) is 0 Å². The molecule has 1 saturated heterocycles. The summed E-state index contributed by atoms with van der Waals surface area (Å²) in [5.41, 5.74) is 2.90. The molecule has 0 aliphatic carbocycles. The highest BCUT2D eigenvalue weighted by molar-refractivity contribution is 6.35. The standard InChI is InChI=1S/C18H25N3O5/c1-3-8-26-15-7-6-13(10-16(15)24-2)11-20-21-18(23)17(22)19-12-14-5-4-9-25-14/h6-7,10-11,14H,3-5,8-9,12H2,1-2H3,(H,19,22)(H,21,23)/b20-11-/t14-/m0/s1. The number of carbonyl (C=O) groups is 2. The Hall–Kier alpha value is -2.61. The Balaban J connectivity index is 1.82. The van der Waals surface area contributed by atoms with Gasteiger partial charge in [0.05, 0.1) is 26.0 Å². The molecule has 1 heterocycles. The van der Waals surface area contributed by atoms with Gasteiger partial charge in [0.1, 0.15) is 0 Å². The number of hydrazone groups is 1. The van der Waals surface area contributed by atoms with Gasteiger partial charge in [-0.05, 0) is 43.0 Å². The lowest BCUT2D eigenvalue weighted by atomic mass is 10.2. The van der Waals surface area contributed by atoms with E-state index in [0.29, 0.717) is 36.8 Å². The molecular weight excluding hydrogens is 338 g/mol. The fraction of sp³-hybridized carbons (Fsp3) is 0.500. The van der Waals surface area contributed by atoms with E-state index in [1.165, 1.54) is 6.21 Å². The molecule has 1 aromatic carbocycles. The van der Waals surface area contributed by atoms with E-state index in [1.807, 2.05) is 6.92 Å². The smallest absolute Gasteiger partial charge is 0.329 e. The minimum absolute atomic E-state index is 0.0174. The summed E-state index contributed by atoms with van der Waals surface area (Å²) in [5, 5.41) is 6.33. The average Bonchev–Trinajstić information content (AvgIpc) is 3.18. The maximum Gasteiger partial charge on any atom is 0.329 e. The van der Waals surface area contributed by atoms with Crippen molar-refractivity contribution < 1.29 is 23.8 Å². The molecule has 0 spiro atoms. The van der Waals surface area contributed by atoms with Crippen molar-refractivity contribution in [2.75, 3.05) is 26.9 Å². The largest absolute Gasteiger partial charge is 0.493 e. The van der Waals surface area contributed by atoms with Crippen LogP contribution in [0.15, 0.2) is 23.3 Å². The Kier molecular flexibility index (Phi) is 7.88. The Morgan fingerprint density at radius 2 is 2.19 bits per heavy atom. The summed E-state index contributed by atoms with van der Waals surface area (Å²) in [6.07, 6.45) is 4.17. The number of nitrogens with one attached hydrogen (secondary N) is 2. The second kappa shape index (κ2) is 10.4. The Morgan fingerprint density at radius 3 is 2.88 bits per heavy atom. The quantitative estimate of drug-likeness (QED) is 0.411. The number of amides is 2. The van der Waals surface area contributed by atoms with E-state index in [4.69, 9.17) is 14.2 Å². The van der Waals surface area contributed by atoms with Gasteiger partial charge < -0.3 is 19.5 Å². The number of nitrogens with zero attached hydrogens (tertiary/aromatic N) is 1. The number of carbonyl (C=O) groups excluding carboxylic acids is 2. The van der Waals surface area contributed by atoms with Crippen LogP contribution in [0.1, 0.15) is 31.7 Å². The van der Waals surface area contributed by atoms with Crippen molar-refractivity contribution in [2.45, 2.75) is 32.3 Å². The van der Waals surface area contributed by atoms with E-state index in [1.54, 1.807) is 25.3 Å². The van der Waals surface area contributed by atoms with Crippen LogP contribution >= 0.6 is 0 Å². The summed E-state index contributed by atoms with van der Waals surface area (Å²) in [5.74, 6) is -0.347. The van der Waals surface area contributed by atoms with Gasteiger partial charge in [-0.15, -0.1) is 0 Å². The third-order valence-corrected chi connectivity index (χ3v) is 3.75. The molecule has 1 atom stereocenters. The van der Waals surface area contributed by atoms with Crippen LogP contribution in [0.3, 0.4) is 0 Å². The van der Waals surface area contributed by atoms with Gasteiger partial charge in [0.25, 0.3) is 0 Å². The maximum absolute atomic E-state index is 11.7. The zero-order valence-corrected chi connectivity index (χ0v) is 15.1. The Morgan fingerprint density at radius 1 is 1.35 bits per heavy atom. The van der Waals surface area contributed by atoms with Crippen LogP contribution in [0, 0.1) is 0 Å². The van der Waals surface area contributed by atoms with Crippen LogP contribution in [-0.4, -0.2) is 51.0 Å². The maximum atomic E-state index is 11.7. The first-order valence-electron chi connectivity index (χ1n) is 8.67. The topological polar surface area (TPSA) is 98.2 Å². The summed E-state index contributed by atoms with van der Waals surface area (Å²) >= 11 is 0. The van der Waals surface area contributed by atoms with Crippen LogP contribution in [0.2, 0.25) is 0 Å². The number of rotatable bonds is 8. The fourth-order valence-electron chi connectivity index (χ4n) is 2.40. The lowest BCUT2D eigenvalue weighted by Gasteiger charge is -2.10. The highest BCUT2D eigenvalue weighted by atomic mass is 16.5. The Bertz CT molecular complexity index is 642. The van der Waals surface area contributed by atoms with Gasteiger partial charge in [-0.25, -0.2) is 5.43 Å². The first kappa shape index (κ1) is 19.7. The summed E-state index contributed by atoms with van der Waals surface area (Å²) in [6, 6.07) is 5.28. The van der Waals surface area contributed by atoms with Crippen molar-refractivity contribution in [3.05, 3.63) is 23.8 Å². The highest BCUT2D eigenvalue weighted by Crippen LogP contribution is 2.27. The molecular formula is C18H25N3O5. The Labute approximate surface area is 152 Å². The van der Waals surface area contributed by atoms with Crippen molar-refractivity contribution in [1.82, 2.24) is 10.7 Å². The molecule has 1 aromatic rings. The van der Waals surface area contributed by atoms with Crippen LogP contribution < -0.4 is 20.2 Å². The van der Waals surface area contributed by atoms with E-state index in [9.17, 15) is 9.59 Å². The van der Waals surface area contributed by atoms with E-state index >= 15 is 0 Å².